The summed E-state index contributed by atoms with van der Waals surface area (Å²) in [5, 5.41) is 0. The molecule has 16 heavy (non-hydrogen) atoms. The second-order valence-corrected chi connectivity index (χ2v) is 6.42. The molecule has 2 N–H and O–H groups in total. The average Bonchev–Trinajstić information content (AvgIpc) is 2.70. The van der Waals surface area contributed by atoms with Crippen molar-refractivity contribution < 1.29 is 12.8 Å². The summed E-state index contributed by atoms with van der Waals surface area (Å²) in [5.41, 5.74) is 6.22. The smallest absolute Gasteiger partial charge is 0.195 e. The molecule has 6 heteroatoms. The quantitative estimate of drug-likeness (QED) is 0.831. The molecule has 1 aromatic heterocycles. The highest BCUT2D eigenvalue weighted by molar-refractivity contribution is 7.91. The fourth-order valence-corrected chi connectivity index (χ4v) is 3.83. The van der Waals surface area contributed by atoms with E-state index in [0.29, 0.717) is 25.3 Å². The standard InChI is InChI=1S/C10H16N2O3S/c1-7-10(12-9(15-7)2-4-11)8-3-5-16(13,14)6-8/h8H,2-6,11H2,1H3. The molecule has 0 radical (unpaired) electrons. The number of aryl methyl sites for hydroxylation is 1. The van der Waals surface area contributed by atoms with Gasteiger partial charge in [-0.3, -0.25) is 0 Å². The van der Waals surface area contributed by atoms with E-state index in [4.69, 9.17) is 10.2 Å². The molecule has 0 bridgehead atoms. The lowest BCUT2D eigenvalue weighted by molar-refractivity contribution is 0.470. The lowest BCUT2D eigenvalue weighted by Crippen LogP contribution is -2.06. The maximum Gasteiger partial charge on any atom is 0.195 e. The van der Waals surface area contributed by atoms with Gasteiger partial charge in [-0.05, 0) is 13.3 Å². The second kappa shape index (κ2) is 4.18. The zero-order valence-corrected chi connectivity index (χ0v) is 10.1. The molecular formula is C10H16N2O3S. The number of sulfone groups is 1. The number of rotatable bonds is 3. The van der Waals surface area contributed by atoms with Crippen LogP contribution >= 0.6 is 0 Å². The van der Waals surface area contributed by atoms with E-state index < -0.39 is 9.84 Å². The molecular weight excluding hydrogens is 228 g/mol. The van der Waals surface area contributed by atoms with Gasteiger partial charge in [-0.15, -0.1) is 0 Å². The van der Waals surface area contributed by atoms with Crippen LogP contribution in [0.3, 0.4) is 0 Å². The van der Waals surface area contributed by atoms with Crippen LogP contribution in [0, 0.1) is 6.92 Å². The van der Waals surface area contributed by atoms with Crippen LogP contribution in [-0.2, 0) is 16.3 Å². The first-order valence-corrected chi connectivity index (χ1v) is 7.20. The van der Waals surface area contributed by atoms with Crippen LogP contribution < -0.4 is 5.73 Å². The molecule has 1 fully saturated rings. The van der Waals surface area contributed by atoms with Crippen molar-refractivity contribution in [2.45, 2.75) is 25.7 Å². The van der Waals surface area contributed by atoms with Gasteiger partial charge in [-0.25, -0.2) is 13.4 Å². The van der Waals surface area contributed by atoms with Crippen molar-refractivity contribution in [3.05, 3.63) is 17.3 Å². The normalized spacial score (nSPS) is 23.8. The van der Waals surface area contributed by atoms with Crippen molar-refractivity contribution in [1.82, 2.24) is 4.98 Å². The Bertz CT molecular complexity index is 478. The lowest BCUT2D eigenvalue weighted by Gasteiger charge is -2.02. The molecule has 2 heterocycles. The average molecular weight is 244 g/mol. The molecule has 1 aromatic rings. The molecule has 90 valence electrons. The highest BCUT2D eigenvalue weighted by atomic mass is 32.2. The third kappa shape index (κ3) is 2.27. The minimum Gasteiger partial charge on any atom is -0.446 e. The van der Waals surface area contributed by atoms with Gasteiger partial charge in [0.2, 0.25) is 0 Å². The molecule has 2 rings (SSSR count). The summed E-state index contributed by atoms with van der Waals surface area (Å²) in [5.74, 6) is 1.80. The van der Waals surface area contributed by atoms with Crippen molar-refractivity contribution in [3.8, 4) is 0 Å². The van der Waals surface area contributed by atoms with Crippen LogP contribution in [0.4, 0.5) is 0 Å². The van der Waals surface area contributed by atoms with Crippen LogP contribution in [0.25, 0.3) is 0 Å². The number of nitrogens with zero attached hydrogens (tertiary/aromatic N) is 1. The summed E-state index contributed by atoms with van der Waals surface area (Å²) in [6, 6.07) is 0. The fraction of sp³-hybridized carbons (Fsp3) is 0.700. The van der Waals surface area contributed by atoms with Gasteiger partial charge in [0.15, 0.2) is 15.7 Å². The predicted molar refractivity (Wildman–Crippen MR) is 60.0 cm³/mol. The van der Waals surface area contributed by atoms with Gasteiger partial charge in [0.25, 0.3) is 0 Å². The van der Waals surface area contributed by atoms with E-state index in [0.717, 1.165) is 11.5 Å². The first kappa shape index (κ1) is 11.6. The topological polar surface area (TPSA) is 86.2 Å². The Morgan fingerprint density at radius 2 is 2.31 bits per heavy atom. The third-order valence-corrected chi connectivity index (χ3v) is 4.62. The van der Waals surface area contributed by atoms with Crippen LogP contribution in [0.2, 0.25) is 0 Å². The van der Waals surface area contributed by atoms with Crippen molar-refractivity contribution in [1.29, 1.82) is 0 Å². The van der Waals surface area contributed by atoms with E-state index in [-0.39, 0.29) is 17.4 Å². The Kier molecular flexibility index (Phi) is 3.03. The largest absolute Gasteiger partial charge is 0.446 e. The summed E-state index contributed by atoms with van der Waals surface area (Å²) in [4.78, 5) is 4.34. The molecule has 0 aromatic carbocycles. The minimum atomic E-state index is -2.87. The maximum atomic E-state index is 11.4. The monoisotopic (exact) mass is 244 g/mol. The minimum absolute atomic E-state index is 0.000254. The highest BCUT2D eigenvalue weighted by Gasteiger charge is 2.32. The lowest BCUT2D eigenvalue weighted by atomic mass is 10.0. The number of oxazole rings is 1. The second-order valence-electron chi connectivity index (χ2n) is 4.19. The molecule has 1 unspecified atom stereocenters. The molecule has 1 aliphatic heterocycles. The van der Waals surface area contributed by atoms with Crippen molar-refractivity contribution >= 4 is 9.84 Å². The zero-order valence-electron chi connectivity index (χ0n) is 9.27. The van der Waals surface area contributed by atoms with Gasteiger partial charge < -0.3 is 10.2 Å². The summed E-state index contributed by atoms with van der Waals surface area (Å²) in [6.07, 6.45) is 1.25. The molecule has 0 amide bonds. The fourth-order valence-electron chi connectivity index (χ4n) is 2.08. The van der Waals surface area contributed by atoms with Crippen molar-refractivity contribution in [2.75, 3.05) is 18.1 Å². The van der Waals surface area contributed by atoms with E-state index in [1.807, 2.05) is 6.92 Å². The Labute approximate surface area is 95.0 Å². The van der Waals surface area contributed by atoms with Gasteiger partial charge in [0, 0.05) is 18.9 Å². The van der Waals surface area contributed by atoms with Crippen LogP contribution in [-0.4, -0.2) is 31.5 Å². The van der Waals surface area contributed by atoms with E-state index in [9.17, 15) is 8.42 Å². The van der Waals surface area contributed by atoms with Gasteiger partial charge in [0.1, 0.15) is 5.76 Å². The number of hydrogen-bond donors (Lipinski definition) is 1. The first-order chi connectivity index (χ1) is 7.52. The van der Waals surface area contributed by atoms with E-state index in [1.54, 1.807) is 0 Å². The van der Waals surface area contributed by atoms with Gasteiger partial charge >= 0.3 is 0 Å². The van der Waals surface area contributed by atoms with E-state index in [1.165, 1.54) is 0 Å². The number of hydrogen-bond acceptors (Lipinski definition) is 5. The highest BCUT2D eigenvalue weighted by Crippen LogP contribution is 2.30. The zero-order chi connectivity index (χ0) is 11.8. The maximum absolute atomic E-state index is 11.4. The van der Waals surface area contributed by atoms with Gasteiger partial charge in [-0.1, -0.05) is 0 Å². The summed E-state index contributed by atoms with van der Waals surface area (Å²) < 4.78 is 28.2. The molecule has 0 saturated carbocycles. The summed E-state index contributed by atoms with van der Waals surface area (Å²) in [7, 11) is -2.87. The van der Waals surface area contributed by atoms with Crippen molar-refractivity contribution in [3.63, 3.8) is 0 Å². The first-order valence-electron chi connectivity index (χ1n) is 5.38. The Morgan fingerprint density at radius 3 is 2.88 bits per heavy atom. The van der Waals surface area contributed by atoms with Crippen LogP contribution in [0.5, 0.6) is 0 Å². The SMILES string of the molecule is Cc1oc(CCN)nc1C1CCS(=O)(=O)C1. The third-order valence-electron chi connectivity index (χ3n) is 2.85. The van der Waals surface area contributed by atoms with Crippen LogP contribution in [0.1, 0.15) is 29.7 Å². The molecule has 0 spiro atoms. The van der Waals surface area contributed by atoms with Crippen LogP contribution in [0.15, 0.2) is 4.42 Å². The molecule has 5 nitrogen and oxygen atoms in total. The number of nitrogens with two attached hydrogens (primary N) is 1. The molecule has 1 atom stereocenters. The van der Waals surface area contributed by atoms with E-state index in [2.05, 4.69) is 4.98 Å². The molecule has 1 saturated heterocycles. The Hall–Kier alpha value is -0.880. The van der Waals surface area contributed by atoms with Gasteiger partial charge in [-0.2, -0.15) is 0 Å². The predicted octanol–water partition coefficient (Wildman–Crippen LogP) is 0.386. The summed E-state index contributed by atoms with van der Waals surface area (Å²) in [6.45, 7) is 2.32. The van der Waals surface area contributed by atoms with Crippen molar-refractivity contribution in [2.24, 2.45) is 5.73 Å². The number of aromatic nitrogens is 1. The Balaban J connectivity index is 2.21. The summed E-state index contributed by atoms with van der Waals surface area (Å²) >= 11 is 0. The van der Waals surface area contributed by atoms with Gasteiger partial charge in [0.05, 0.1) is 17.2 Å². The molecule has 1 aliphatic rings. The Morgan fingerprint density at radius 1 is 1.56 bits per heavy atom. The van der Waals surface area contributed by atoms with E-state index >= 15 is 0 Å². The molecule has 0 aliphatic carbocycles.